The third-order valence-corrected chi connectivity index (χ3v) is 3.51. The van der Waals surface area contributed by atoms with Gasteiger partial charge in [-0.25, -0.2) is 4.98 Å². The first-order valence-corrected chi connectivity index (χ1v) is 6.02. The summed E-state index contributed by atoms with van der Waals surface area (Å²) in [6, 6.07) is -0.538. The first-order chi connectivity index (χ1) is 9.10. The number of fused-ring (bicyclic) bond motifs is 1. The number of rotatable bonds is 2. The van der Waals surface area contributed by atoms with Crippen molar-refractivity contribution in [1.82, 2.24) is 20.3 Å². The molecule has 3 atom stereocenters. The zero-order chi connectivity index (χ0) is 13.6. The van der Waals surface area contributed by atoms with Gasteiger partial charge < -0.3 is 26.2 Å². The van der Waals surface area contributed by atoms with Gasteiger partial charge >= 0.3 is 0 Å². The van der Waals surface area contributed by atoms with Gasteiger partial charge in [0.1, 0.15) is 11.0 Å². The highest BCUT2D eigenvalue weighted by molar-refractivity contribution is 5.79. The number of nitrogen functional groups attached to an aromatic ring is 1. The lowest BCUT2D eigenvalue weighted by Gasteiger charge is -2.11. The number of aromatic nitrogens is 3. The lowest BCUT2D eigenvalue weighted by molar-refractivity contribution is 0.121. The molecule has 8 nitrogen and oxygen atoms in total. The highest BCUT2D eigenvalue weighted by Gasteiger charge is 2.34. The van der Waals surface area contributed by atoms with E-state index in [-0.39, 0.29) is 30.2 Å². The largest absolute Gasteiger partial charge is 0.395 e. The van der Waals surface area contributed by atoms with E-state index in [0.717, 1.165) is 5.56 Å². The Morgan fingerprint density at radius 2 is 2.32 bits per heavy atom. The van der Waals surface area contributed by atoms with Crippen LogP contribution in [0.1, 0.15) is 18.0 Å². The molecule has 8 heteroatoms. The first kappa shape index (κ1) is 12.2. The second-order valence-electron chi connectivity index (χ2n) is 4.73. The van der Waals surface area contributed by atoms with Crippen molar-refractivity contribution in [2.75, 3.05) is 12.3 Å². The van der Waals surface area contributed by atoms with Gasteiger partial charge in [-0.2, -0.15) is 0 Å². The summed E-state index contributed by atoms with van der Waals surface area (Å²) in [5.41, 5.74) is 6.83. The van der Waals surface area contributed by atoms with Crippen LogP contribution in [0.15, 0.2) is 11.0 Å². The Labute approximate surface area is 107 Å². The van der Waals surface area contributed by atoms with Crippen LogP contribution in [-0.2, 0) is 0 Å². The Morgan fingerprint density at radius 1 is 1.53 bits per heavy atom. The van der Waals surface area contributed by atoms with Crippen LogP contribution < -0.4 is 16.6 Å². The van der Waals surface area contributed by atoms with Gasteiger partial charge in [0.15, 0.2) is 0 Å². The number of nitrogens with two attached hydrogens (primary N) is 1. The molecule has 0 unspecified atom stereocenters. The van der Waals surface area contributed by atoms with Crippen molar-refractivity contribution in [2.24, 2.45) is 0 Å². The van der Waals surface area contributed by atoms with Gasteiger partial charge in [0.2, 0.25) is 5.95 Å². The molecule has 1 fully saturated rings. The second-order valence-corrected chi connectivity index (χ2v) is 4.73. The lowest BCUT2D eigenvalue weighted by atomic mass is 10.1. The molecule has 3 heterocycles. The number of aliphatic hydroxyl groups excluding tert-OH is 2. The van der Waals surface area contributed by atoms with Gasteiger partial charge in [-0.3, -0.25) is 9.78 Å². The molecule has 0 bridgehead atoms. The molecule has 19 heavy (non-hydrogen) atoms. The lowest BCUT2D eigenvalue weighted by Crippen LogP contribution is -2.34. The number of nitrogens with one attached hydrogen (secondary N) is 3. The number of anilines is 1. The summed E-state index contributed by atoms with van der Waals surface area (Å²) < 4.78 is 0. The average Bonchev–Trinajstić information content (AvgIpc) is 2.92. The topological polar surface area (TPSA) is 140 Å². The number of aromatic amines is 2. The molecule has 1 aliphatic rings. The molecule has 102 valence electrons. The second kappa shape index (κ2) is 4.34. The molecule has 0 spiro atoms. The zero-order valence-electron chi connectivity index (χ0n) is 10.1. The molecule has 0 aromatic carbocycles. The number of H-pyrrole nitrogens is 2. The molecular formula is C11H15N5O3. The minimum absolute atomic E-state index is 0.0515. The fraction of sp³-hybridized carbons (Fsp3) is 0.455. The van der Waals surface area contributed by atoms with Crippen LogP contribution in [0, 0.1) is 0 Å². The fourth-order valence-corrected chi connectivity index (χ4v) is 2.55. The van der Waals surface area contributed by atoms with Crippen LogP contribution in [0.3, 0.4) is 0 Å². The maximum atomic E-state index is 11.7. The maximum absolute atomic E-state index is 11.7. The van der Waals surface area contributed by atoms with Crippen molar-refractivity contribution in [1.29, 1.82) is 0 Å². The number of aliphatic hydroxyl groups is 2. The maximum Gasteiger partial charge on any atom is 0.276 e. The monoisotopic (exact) mass is 265 g/mol. The molecule has 0 saturated carbocycles. The highest BCUT2D eigenvalue weighted by Crippen LogP contribution is 2.30. The summed E-state index contributed by atoms with van der Waals surface area (Å²) in [7, 11) is 0. The van der Waals surface area contributed by atoms with E-state index in [1.54, 1.807) is 6.20 Å². The summed E-state index contributed by atoms with van der Waals surface area (Å²) in [6.07, 6.45) is 1.50. The molecule has 1 aliphatic heterocycles. The van der Waals surface area contributed by atoms with E-state index in [2.05, 4.69) is 20.3 Å². The molecular weight excluding hydrogens is 250 g/mol. The third-order valence-electron chi connectivity index (χ3n) is 3.51. The zero-order valence-corrected chi connectivity index (χ0v) is 10.1. The van der Waals surface area contributed by atoms with E-state index in [9.17, 15) is 9.90 Å². The van der Waals surface area contributed by atoms with E-state index < -0.39 is 6.10 Å². The predicted molar refractivity (Wildman–Crippen MR) is 68.5 cm³/mol. The van der Waals surface area contributed by atoms with Crippen molar-refractivity contribution in [3.8, 4) is 0 Å². The van der Waals surface area contributed by atoms with Crippen molar-refractivity contribution < 1.29 is 10.2 Å². The van der Waals surface area contributed by atoms with Gasteiger partial charge in [-0.05, 0) is 6.42 Å². The van der Waals surface area contributed by atoms with Gasteiger partial charge in [0, 0.05) is 17.8 Å². The van der Waals surface area contributed by atoms with Crippen LogP contribution in [0.5, 0.6) is 0 Å². The Balaban J connectivity index is 2.05. The predicted octanol–water partition coefficient (Wildman–Crippen LogP) is -1.41. The molecule has 2 aromatic rings. The summed E-state index contributed by atoms with van der Waals surface area (Å²) in [4.78, 5) is 21.1. The van der Waals surface area contributed by atoms with Crippen molar-refractivity contribution >= 4 is 17.0 Å². The summed E-state index contributed by atoms with van der Waals surface area (Å²) in [6.45, 7) is -0.143. The quantitative estimate of drug-likeness (QED) is 0.394. The standard InChI is InChI=1S/C11H15N5O3/c12-11-15-8-4(2-13-9(8)10(19)16-11)5-1-7(18)6(3-17)14-5/h2,5-7,13-14,17-18H,1,3H2,(H3,12,15,16,19)/t5-,6-,7+/m1/s1. The molecule has 2 aromatic heterocycles. The summed E-state index contributed by atoms with van der Waals surface area (Å²) >= 11 is 0. The number of hydrogen-bond acceptors (Lipinski definition) is 6. The number of nitrogens with zero attached hydrogens (tertiary/aromatic N) is 1. The molecule has 1 saturated heterocycles. The van der Waals surface area contributed by atoms with Crippen LogP contribution >= 0.6 is 0 Å². The Hall–Kier alpha value is -1.90. The molecule has 3 rings (SSSR count). The van der Waals surface area contributed by atoms with Gasteiger partial charge in [0.25, 0.3) is 5.56 Å². The van der Waals surface area contributed by atoms with Gasteiger partial charge in [-0.1, -0.05) is 0 Å². The van der Waals surface area contributed by atoms with Crippen molar-refractivity contribution in [3.63, 3.8) is 0 Å². The smallest absolute Gasteiger partial charge is 0.276 e. The first-order valence-electron chi connectivity index (χ1n) is 6.02. The van der Waals surface area contributed by atoms with E-state index >= 15 is 0 Å². The Kier molecular flexibility index (Phi) is 2.77. The van der Waals surface area contributed by atoms with E-state index in [4.69, 9.17) is 10.8 Å². The molecule has 0 radical (unpaired) electrons. The third kappa shape index (κ3) is 1.89. The summed E-state index contributed by atoms with van der Waals surface area (Å²) in [5.74, 6) is 0.0515. The van der Waals surface area contributed by atoms with E-state index in [1.807, 2.05) is 0 Å². The molecule has 7 N–H and O–H groups in total. The van der Waals surface area contributed by atoms with Crippen LogP contribution in [-0.4, -0.2) is 43.9 Å². The van der Waals surface area contributed by atoms with E-state index in [0.29, 0.717) is 17.5 Å². The summed E-state index contributed by atoms with van der Waals surface area (Å²) in [5, 5.41) is 22.0. The highest BCUT2D eigenvalue weighted by atomic mass is 16.3. The Bertz CT molecular complexity index is 664. The van der Waals surface area contributed by atoms with Crippen LogP contribution in [0.25, 0.3) is 11.0 Å². The minimum atomic E-state index is -0.626. The average molecular weight is 265 g/mol. The number of hydrogen-bond donors (Lipinski definition) is 6. The van der Waals surface area contributed by atoms with Crippen molar-refractivity contribution in [2.45, 2.75) is 24.6 Å². The fourth-order valence-electron chi connectivity index (χ4n) is 2.55. The van der Waals surface area contributed by atoms with Gasteiger partial charge in [-0.15, -0.1) is 0 Å². The minimum Gasteiger partial charge on any atom is -0.395 e. The Morgan fingerprint density at radius 3 is 3.00 bits per heavy atom. The van der Waals surface area contributed by atoms with Gasteiger partial charge in [0.05, 0.1) is 18.8 Å². The van der Waals surface area contributed by atoms with Crippen molar-refractivity contribution in [3.05, 3.63) is 22.1 Å². The normalized spacial score (nSPS) is 27.2. The van der Waals surface area contributed by atoms with Crippen LogP contribution in [0.2, 0.25) is 0 Å². The van der Waals surface area contributed by atoms with E-state index in [1.165, 1.54) is 0 Å². The molecule has 0 aliphatic carbocycles. The SMILES string of the molecule is Nc1nc2c([C@H]3C[C@H](O)[C@@H](CO)N3)c[nH]c2c(=O)[nH]1. The van der Waals surface area contributed by atoms with Crippen LogP contribution in [0.4, 0.5) is 5.95 Å². The molecule has 0 amide bonds.